The Bertz CT molecular complexity index is 208. The van der Waals surface area contributed by atoms with Crippen LogP contribution in [0.5, 0.6) is 0 Å². The highest BCUT2D eigenvalue weighted by Gasteiger charge is 2.12. The van der Waals surface area contributed by atoms with Gasteiger partial charge in [-0.1, -0.05) is 5.92 Å². The van der Waals surface area contributed by atoms with E-state index in [1.165, 1.54) is 6.42 Å². The number of aldehydes is 1. The van der Waals surface area contributed by atoms with E-state index in [1.54, 1.807) is 0 Å². The molecular weight excluding hydrogens is 180 g/mol. The van der Waals surface area contributed by atoms with E-state index in [4.69, 9.17) is 9.47 Å². The summed E-state index contributed by atoms with van der Waals surface area (Å²) in [7, 11) is 0. The second-order valence-electron chi connectivity index (χ2n) is 3.21. The van der Waals surface area contributed by atoms with Gasteiger partial charge in [-0.25, -0.2) is 0 Å². The second-order valence-corrected chi connectivity index (χ2v) is 3.21. The van der Waals surface area contributed by atoms with Gasteiger partial charge < -0.3 is 9.47 Å². The fourth-order valence-corrected chi connectivity index (χ4v) is 1.33. The van der Waals surface area contributed by atoms with E-state index in [0.717, 1.165) is 25.9 Å². The molecule has 1 heterocycles. The number of rotatable bonds is 4. The van der Waals surface area contributed by atoms with Gasteiger partial charge in [0.25, 0.3) is 0 Å². The third-order valence-corrected chi connectivity index (χ3v) is 2.05. The highest BCUT2D eigenvalue weighted by atomic mass is 16.7. The van der Waals surface area contributed by atoms with Gasteiger partial charge >= 0.3 is 0 Å². The number of unbranched alkanes of at least 4 members (excludes halogenated alkanes) is 1. The Morgan fingerprint density at radius 3 is 3.14 bits per heavy atom. The minimum Gasteiger partial charge on any atom is -0.353 e. The summed E-state index contributed by atoms with van der Waals surface area (Å²) in [6, 6.07) is 0. The van der Waals surface area contributed by atoms with Gasteiger partial charge in [0.2, 0.25) is 0 Å². The Kier molecular flexibility index (Phi) is 6.05. The van der Waals surface area contributed by atoms with Crippen molar-refractivity contribution in [2.45, 2.75) is 38.4 Å². The van der Waals surface area contributed by atoms with Crippen LogP contribution in [0.1, 0.15) is 32.1 Å². The van der Waals surface area contributed by atoms with E-state index >= 15 is 0 Å². The van der Waals surface area contributed by atoms with Crippen LogP contribution in [0, 0.1) is 11.8 Å². The summed E-state index contributed by atoms with van der Waals surface area (Å²) in [5, 5.41) is 0. The number of hydrogen-bond acceptors (Lipinski definition) is 3. The molecule has 1 aliphatic heterocycles. The predicted molar refractivity (Wildman–Crippen MR) is 52.6 cm³/mol. The van der Waals surface area contributed by atoms with E-state index in [9.17, 15) is 4.79 Å². The molecule has 0 aliphatic carbocycles. The summed E-state index contributed by atoms with van der Waals surface area (Å²) in [6.07, 6.45) is 5.51. The van der Waals surface area contributed by atoms with Crippen molar-refractivity contribution >= 4 is 6.29 Å². The fourth-order valence-electron chi connectivity index (χ4n) is 1.33. The van der Waals surface area contributed by atoms with Crippen LogP contribution < -0.4 is 0 Å². The third-order valence-electron chi connectivity index (χ3n) is 2.05. The molecule has 1 unspecified atom stereocenters. The van der Waals surface area contributed by atoms with E-state index < -0.39 is 0 Å². The third kappa shape index (κ3) is 5.00. The average Bonchev–Trinajstić information content (AvgIpc) is 2.25. The highest BCUT2D eigenvalue weighted by molar-refractivity contribution is 5.72. The molecular formula is C11H16O3. The van der Waals surface area contributed by atoms with Crippen LogP contribution in [0.15, 0.2) is 0 Å². The van der Waals surface area contributed by atoms with Gasteiger partial charge in [0.15, 0.2) is 12.6 Å². The van der Waals surface area contributed by atoms with E-state index in [-0.39, 0.29) is 6.29 Å². The molecule has 1 fully saturated rings. The van der Waals surface area contributed by atoms with Crippen molar-refractivity contribution in [2.75, 3.05) is 13.2 Å². The van der Waals surface area contributed by atoms with Crippen molar-refractivity contribution in [3.8, 4) is 11.8 Å². The summed E-state index contributed by atoms with van der Waals surface area (Å²) in [5.41, 5.74) is 0. The molecule has 0 N–H and O–H groups in total. The molecule has 0 aromatic heterocycles. The first-order valence-electron chi connectivity index (χ1n) is 5.08. The topological polar surface area (TPSA) is 35.5 Å². The van der Waals surface area contributed by atoms with Gasteiger partial charge in [-0.3, -0.25) is 4.79 Å². The van der Waals surface area contributed by atoms with E-state index in [0.29, 0.717) is 19.3 Å². The van der Waals surface area contributed by atoms with Crippen LogP contribution in [0.3, 0.4) is 0 Å². The Hall–Kier alpha value is -0.850. The quantitative estimate of drug-likeness (QED) is 0.388. The maximum Gasteiger partial charge on any atom is 0.192 e. The molecule has 0 saturated carbocycles. The second kappa shape index (κ2) is 7.54. The first-order chi connectivity index (χ1) is 6.93. The number of hydrogen-bond donors (Lipinski definition) is 0. The summed E-state index contributed by atoms with van der Waals surface area (Å²) >= 11 is 0. The number of carbonyl (C=O) groups is 1. The summed E-state index contributed by atoms with van der Waals surface area (Å²) in [6.45, 7) is 1.48. The molecule has 1 aliphatic rings. The summed E-state index contributed by atoms with van der Waals surface area (Å²) in [4.78, 5) is 9.86. The van der Waals surface area contributed by atoms with Crippen LogP contribution in [0.2, 0.25) is 0 Å². The first kappa shape index (κ1) is 11.2. The predicted octanol–water partition coefficient (Wildman–Crippen LogP) is 1.51. The lowest BCUT2D eigenvalue weighted by Crippen LogP contribution is -2.22. The molecule has 3 nitrogen and oxygen atoms in total. The lowest BCUT2D eigenvalue weighted by Gasteiger charge is -2.22. The van der Waals surface area contributed by atoms with Gasteiger partial charge in [0, 0.05) is 13.0 Å². The average molecular weight is 196 g/mol. The van der Waals surface area contributed by atoms with Crippen molar-refractivity contribution in [2.24, 2.45) is 0 Å². The molecule has 0 spiro atoms. The molecule has 0 aromatic carbocycles. The van der Waals surface area contributed by atoms with Gasteiger partial charge in [-0.05, 0) is 31.6 Å². The van der Waals surface area contributed by atoms with Gasteiger partial charge in [0.1, 0.15) is 0 Å². The van der Waals surface area contributed by atoms with Gasteiger partial charge in [-0.2, -0.15) is 0 Å². The molecule has 1 saturated heterocycles. The zero-order valence-corrected chi connectivity index (χ0v) is 8.33. The molecule has 1 rings (SSSR count). The van der Waals surface area contributed by atoms with Crippen LogP contribution >= 0.6 is 0 Å². The maximum absolute atomic E-state index is 9.86. The summed E-state index contributed by atoms with van der Waals surface area (Å²) in [5.74, 6) is 5.10. The summed E-state index contributed by atoms with van der Waals surface area (Å²) < 4.78 is 10.9. The molecule has 14 heavy (non-hydrogen) atoms. The van der Waals surface area contributed by atoms with Crippen LogP contribution in [0.25, 0.3) is 0 Å². The van der Waals surface area contributed by atoms with Crippen molar-refractivity contribution in [3.05, 3.63) is 0 Å². The monoisotopic (exact) mass is 196 g/mol. The molecule has 0 radical (unpaired) electrons. The SMILES string of the molecule is O=CC#CCCCOC1CCCCO1. The Morgan fingerprint density at radius 2 is 2.43 bits per heavy atom. The Morgan fingerprint density at radius 1 is 1.50 bits per heavy atom. The van der Waals surface area contributed by atoms with Gasteiger partial charge in [-0.15, -0.1) is 0 Å². The maximum atomic E-state index is 9.86. The van der Waals surface area contributed by atoms with Crippen molar-refractivity contribution in [1.29, 1.82) is 0 Å². The largest absolute Gasteiger partial charge is 0.353 e. The Labute approximate surface area is 84.8 Å². The Balaban J connectivity index is 1.94. The van der Waals surface area contributed by atoms with E-state index in [1.807, 2.05) is 0 Å². The molecule has 78 valence electrons. The molecule has 0 bridgehead atoms. The highest BCUT2D eigenvalue weighted by Crippen LogP contribution is 2.13. The smallest absolute Gasteiger partial charge is 0.192 e. The zero-order chi connectivity index (χ0) is 10.1. The fraction of sp³-hybridized carbons (Fsp3) is 0.727. The van der Waals surface area contributed by atoms with E-state index in [2.05, 4.69) is 11.8 Å². The molecule has 0 aromatic rings. The van der Waals surface area contributed by atoms with Crippen LogP contribution in [-0.4, -0.2) is 25.8 Å². The first-order valence-corrected chi connectivity index (χ1v) is 5.08. The minimum absolute atomic E-state index is 0.0113. The van der Waals surface area contributed by atoms with Crippen LogP contribution in [0.4, 0.5) is 0 Å². The zero-order valence-electron chi connectivity index (χ0n) is 8.33. The van der Waals surface area contributed by atoms with Crippen molar-refractivity contribution < 1.29 is 14.3 Å². The van der Waals surface area contributed by atoms with Gasteiger partial charge in [0.05, 0.1) is 6.61 Å². The minimum atomic E-state index is -0.0113. The molecule has 0 amide bonds. The molecule has 3 heteroatoms. The standard InChI is InChI=1S/C11H16O3/c12-8-4-1-2-5-9-13-11-7-3-6-10-14-11/h8,11H,2-3,5-7,9-10H2. The van der Waals surface area contributed by atoms with Crippen LogP contribution in [-0.2, 0) is 14.3 Å². The molecule has 1 atom stereocenters. The number of carbonyl (C=O) groups excluding carboxylic acids is 1. The van der Waals surface area contributed by atoms with Crippen molar-refractivity contribution in [1.82, 2.24) is 0 Å². The lowest BCUT2D eigenvalue weighted by molar-refractivity contribution is -0.162. The van der Waals surface area contributed by atoms with Crippen molar-refractivity contribution in [3.63, 3.8) is 0 Å². The normalized spacial score (nSPS) is 21.0. The lowest BCUT2D eigenvalue weighted by atomic mass is 10.2. The number of ether oxygens (including phenoxy) is 2.